The zero-order valence-electron chi connectivity index (χ0n) is 13.1. The Balaban J connectivity index is 2.19. The highest BCUT2D eigenvalue weighted by atomic mass is 16.5. The van der Waals surface area contributed by atoms with E-state index < -0.39 is 0 Å². The number of anilines is 1. The van der Waals surface area contributed by atoms with Crippen molar-refractivity contribution in [3.05, 3.63) is 95.6 Å². The standard InChI is InChI=1S/C21H19NO/c1-23-18-12-13-21(22)20(15-18)19(17-10-6-3-7-11-17)14-16-8-4-2-5-9-16/h2-15H,22H2,1H3. The van der Waals surface area contributed by atoms with Crippen LogP contribution >= 0.6 is 0 Å². The molecule has 0 spiro atoms. The monoisotopic (exact) mass is 301 g/mol. The van der Waals surface area contributed by atoms with Gasteiger partial charge in [-0.15, -0.1) is 0 Å². The number of ether oxygens (including phenoxy) is 1. The Bertz CT molecular complexity index is 808. The summed E-state index contributed by atoms with van der Waals surface area (Å²) in [6.07, 6.45) is 2.15. The Labute approximate surface area is 136 Å². The highest BCUT2D eigenvalue weighted by Crippen LogP contribution is 2.32. The van der Waals surface area contributed by atoms with E-state index in [1.807, 2.05) is 54.6 Å². The molecule has 0 aliphatic heterocycles. The molecule has 0 unspecified atom stereocenters. The van der Waals surface area contributed by atoms with Crippen LogP contribution in [0.15, 0.2) is 78.9 Å². The minimum Gasteiger partial charge on any atom is -0.497 e. The van der Waals surface area contributed by atoms with E-state index in [2.05, 4.69) is 30.3 Å². The van der Waals surface area contributed by atoms with Gasteiger partial charge >= 0.3 is 0 Å². The summed E-state index contributed by atoms with van der Waals surface area (Å²) in [5.74, 6) is 0.795. The first-order valence-corrected chi connectivity index (χ1v) is 7.54. The average molecular weight is 301 g/mol. The number of nitrogen functional groups attached to an aromatic ring is 1. The summed E-state index contributed by atoms with van der Waals surface area (Å²) in [7, 11) is 1.67. The van der Waals surface area contributed by atoms with E-state index in [-0.39, 0.29) is 0 Å². The molecular weight excluding hydrogens is 282 g/mol. The molecule has 0 fully saturated rings. The molecule has 0 aliphatic carbocycles. The number of rotatable bonds is 4. The fraction of sp³-hybridized carbons (Fsp3) is 0.0476. The Morgan fingerprint density at radius 3 is 2.17 bits per heavy atom. The normalized spacial score (nSPS) is 11.3. The lowest BCUT2D eigenvalue weighted by atomic mass is 9.94. The minimum absolute atomic E-state index is 0.733. The zero-order valence-corrected chi connectivity index (χ0v) is 13.1. The molecule has 3 aromatic carbocycles. The van der Waals surface area contributed by atoms with Gasteiger partial charge in [0, 0.05) is 11.3 Å². The zero-order chi connectivity index (χ0) is 16.1. The maximum absolute atomic E-state index is 6.24. The summed E-state index contributed by atoms with van der Waals surface area (Å²) < 4.78 is 5.36. The van der Waals surface area contributed by atoms with Gasteiger partial charge in [-0.2, -0.15) is 0 Å². The summed E-state index contributed by atoms with van der Waals surface area (Å²) in [5, 5.41) is 0. The molecule has 114 valence electrons. The van der Waals surface area contributed by atoms with E-state index >= 15 is 0 Å². The van der Waals surface area contributed by atoms with E-state index in [4.69, 9.17) is 10.5 Å². The van der Waals surface area contributed by atoms with Crippen LogP contribution in [-0.4, -0.2) is 7.11 Å². The quantitative estimate of drug-likeness (QED) is 0.551. The second-order valence-electron chi connectivity index (χ2n) is 5.29. The summed E-state index contributed by atoms with van der Waals surface area (Å²) in [6, 6.07) is 26.2. The van der Waals surface area contributed by atoms with Crippen molar-refractivity contribution in [3.63, 3.8) is 0 Å². The van der Waals surface area contributed by atoms with Crippen molar-refractivity contribution in [1.82, 2.24) is 0 Å². The number of nitrogens with two attached hydrogens (primary N) is 1. The molecule has 0 radical (unpaired) electrons. The molecule has 3 aromatic rings. The second-order valence-corrected chi connectivity index (χ2v) is 5.29. The third kappa shape index (κ3) is 3.43. The lowest BCUT2D eigenvalue weighted by molar-refractivity contribution is 0.415. The molecule has 0 saturated carbocycles. The van der Waals surface area contributed by atoms with E-state index in [0.717, 1.165) is 33.7 Å². The molecule has 0 atom stereocenters. The number of hydrogen-bond acceptors (Lipinski definition) is 2. The van der Waals surface area contributed by atoms with Crippen LogP contribution in [0.5, 0.6) is 5.75 Å². The molecule has 0 aromatic heterocycles. The molecule has 0 bridgehead atoms. The van der Waals surface area contributed by atoms with Crippen molar-refractivity contribution < 1.29 is 4.74 Å². The van der Waals surface area contributed by atoms with Gasteiger partial charge in [0.1, 0.15) is 5.75 Å². The van der Waals surface area contributed by atoms with Gasteiger partial charge < -0.3 is 10.5 Å². The Morgan fingerprint density at radius 2 is 1.52 bits per heavy atom. The van der Waals surface area contributed by atoms with Crippen molar-refractivity contribution in [2.24, 2.45) is 0 Å². The summed E-state index contributed by atoms with van der Waals surface area (Å²) in [4.78, 5) is 0. The molecule has 2 heteroatoms. The Morgan fingerprint density at radius 1 is 0.870 bits per heavy atom. The van der Waals surface area contributed by atoms with Crippen LogP contribution in [0.4, 0.5) is 5.69 Å². The van der Waals surface area contributed by atoms with Crippen LogP contribution in [0.3, 0.4) is 0 Å². The molecule has 23 heavy (non-hydrogen) atoms. The third-order valence-electron chi connectivity index (χ3n) is 3.75. The topological polar surface area (TPSA) is 35.2 Å². The van der Waals surface area contributed by atoms with Gasteiger partial charge in [0.2, 0.25) is 0 Å². The van der Waals surface area contributed by atoms with Crippen LogP contribution in [0.1, 0.15) is 16.7 Å². The van der Waals surface area contributed by atoms with Gasteiger partial charge in [0.15, 0.2) is 0 Å². The molecule has 0 amide bonds. The largest absolute Gasteiger partial charge is 0.497 e. The Hall–Kier alpha value is -3.00. The van der Waals surface area contributed by atoms with Crippen molar-refractivity contribution in [2.45, 2.75) is 0 Å². The maximum Gasteiger partial charge on any atom is 0.119 e. The smallest absolute Gasteiger partial charge is 0.119 e. The minimum atomic E-state index is 0.733. The van der Waals surface area contributed by atoms with Crippen LogP contribution in [0.2, 0.25) is 0 Å². The van der Waals surface area contributed by atoms with E-state index in [0.29, 0.717) is 0 Å². The highest BCUT2D eigenvalue weighted by molar-refractivity contribution is 5.95. The molecule has 2 nitrogen and oxygen atoms in total. The van der Waals surface area contributed by atoms with E-state index in [9.17, 15) is 0 Å². The van der Waals surface area contributed by atoms with E-state index in [1.165, 1.54) is 0 Å². The van der Waals surface area contributed by atoms with Crippen LogP contribution in [0, 0.1) is 0 Å². The van der Waals surface area contributed by atoms with Gasteiger partial charge in [0.05, 0.1) is 7.11 Å². The second kappa shape index (κ2) is 6.84. The summed E-state index contributed by atoms with van der Waals surface area (Å²) >= 11 is 0. The van der Waals surface area contributed by atoms with Gasteiger partial charge in [-0.05, 0) is 41.0 Å². The number of benzene rings is 3. The molecule has 0 heterocycles. The summed E-state index contributed by atoms with van der Waals surface area (Å²) in [6.45, 7) is 0. The number of hydrogen-bond donors (Lipinski definition) is 1. The van der Waals surface area contributed by atoms with Crippen molar-refractivity contribution in [1.29, 1.82) is 0 Å². The molecule has 0 saturated heterocycles. The fourth-order valence-electron chi connectivity index (χ4n) is 2.55. The van der Waals surface area contributed by atoms with Gasteiger partial charge in [-0.3, -0.25) is 0 Å². The first-order valence-electron chi connectivity index (χ1n) is 7.54. The first kappa shape index (κ1) is 14.9. The van der Waals surface area contributed by atoms with Gasteiger partial charge in [-0.25, -0.2) is 0 Å². The lowest BCUT2D eigenvalue weighted by Crippen LogP contribution is -1.97. The highest BCUT2D eigenvalue weighted by Gasteiger charge is 2.10. The molecule has 2 N–H and O–H groups in total. The predicted octanol–water partition coefficient (Wildman–Crippen LogP) is 4.87. The third-order valence-corrected chi connectivity index (χ3v) is 3.75. The number of methoxy groups -OCH3 is 1. The van der Waals surface area contributed by atoms with Crippen LogP contribution < -0.4 is 10.5 Å². The molecule has 0 aliphatic rings. The fourth-order valence-corrected chi connectivity index (χ4v) is 2.55. The molecular formula is C21H19NO. The summed E-state index contributed by atoms with van der Waals surface area (Å²) in [5.41, 5.74) is 11.3. The SMILES string of the molecule is COc1ccc(N)c(C(=Cc2ccccc2)c2ccccc2)c1. The molecule has 3 rings (SSSR count). The van der Waals surface area contributed by atoms with E-state index in [1.54, 1.807) is 7.11 Å². The van der Waals surface area contributed by atoms with Crippen LogP contribution in [-0.2, 0) is 0 Å². The first-order chi connectivity index (χ1) is 11.3. The maximum atomic E-state index is 6.24. The Kier molecular flexibility index (Phi) is 4.44. The van der Waals surface area contributed by atoms with Crippen molar-refractivity contribution in [3.8, 4) is 5.75 Å². The lowest BCUT2D eigenvalue weighted by Gasteiger charge is -2.13. The van der Waals surface area contributed by atoms with Crippen molar-refractivity contribution in [2.75, 3.05) is 12.8 Å². The van der Waals surface area contributed by atoms with Gasteiger partial charge in [0.25, 0.3) is 0 Å². The van der Waals surface area contributed by atoms with Crippen molar-refractivity contribution >= 4 is 17.3 Å². The van der Waals surface area contributed by atoms with Gasteiger partial charge in [-0.1, -0.05) is 60.7 Å². The average Bonchev–Trinajstić information content (AvgIpc) is 2.62. The van der Waals surface area contributed by atoms with Crippen LogP contribution in [0.25, 0.3) is 11.6 Å². The predicted molar refractivity (Wildman–Crippen MR) is 97.3 cm³/mol.